The van der Waals surface area contributed by atoms with E-state index in [2.05, 4.69) is 41.4 Å². The summed E-state index contributed by atoms with van der Waals surface area (Å²) in [5.41, 5.74) is 3.58. The third kappa shape index (κ3) is 4.30. The molecule has 112 valence electrons. The topological polar surface area (TPSA) is 15.3 Å². The number of anilines is 1. The van der Waals surface area contributed by atoms with Crippen molar-refractivity contribution in [2.45, 2.75) is 19.4 Å². The number of likely N-dealkylation sites (N-methyl/N-ethyl adjacent to an activating group) is 1. The summed E-state index contributed by atoms with van der Waals surface area (Å²) >= 11 is 0. The molecule has 2 nitrogen and oxygen atoms in total. The van der Waals surface area contributed by atoms with Gasteiger partial charge in [-0.3, -0.25) is 0 Å². The van der Waals surface area contributed by atoms with Crippen LogP contribution in [0.1, 0.15) is 24.1 Å². The van der Waals surface area contributed by atoms with Gasteiger partial charge in [0, 0.05) is 25.8 Å². The maximum Gasteiger partial charge on any atom is 0.123 e. The Bertz CT molecular complexity index is 546. The zero-order valence-corrected chi connectivity index (χ0v) is 12.9. The first-order chi connectivity index (χ1) is 10.1. The predicted molar refractivity (Wildman–Crippen MR) is 87.3 cm³/mol. The Morgan fingerprint density at radius 3 is 2.14 bits per heavy atom. The van der Waals surface area contributed by atoms with Crippen molar-refractivity contribution in [1.29, 1.82) is 0 Å². The molecule has 0 aromatic heterocycles. The molecular weight excluding hydrogens is 263 g/mol. The molecule has 0 spiro atoms. The lowest BCUT2D eigenvalue weighted by molar-refractivity contribution is 0.549. The van der Waals surface area contributed by atoms with Gasteiger partial charge in [-0.25, -0.2) is 4.39 Å². The van der Waals surface area contributed by atoms with Gasteiger partial charge in [-0.1, -0.05) is 31.2 Å². The van der Waals surface area contributed by atoms with Crippen molar-refractivity contribution < 1.29 is 4.39 Å². The van der Waals surface area contributed by atoms with E-state index in [0.29, 0.717) is 0 Å². The fourth-order valence-electron chi connectivity index (χ4n) is 2.42. The minimum absolute atomic E-state index is 0.186. The van der Waals surface area contributed by atoms with Gasteiger partial charge >= 0.3 is 0 Å². The third-order valence-electron chi connectivity index (χ3n) is 3.62. The summed E-state index contributed by atoms with van der Waals surface area (Å²) in [6, 6.07) is 15.6. The fraction of sp³-hybridized carbons (Fsp3) is 0.333. The summed E-state index contributed by atoms with van der Waals surface area (Å²) in [7, 11) is 4.07. The van der Waals surface area contributed by atoms with Crippen LogP contribution in [0.4, 0.5) is 10.1 Å². The fourth-order valence-corrected chi connectivity index (χ4v) is 2.42. The number of rotatable bonds is 6. The first-order valence-corrected chi connectivity index (χ1v) is 7.35. The SMILES string of the molecule is CCNC(Cc1ccc(F)cc1)c1ccc(N(C)C)cc1. The van der Waals surface area contributed by atoms with E-state index in [9.17, 15) is 4.39 Å². The largest absolute Gasteiger partial charge is 0.378 e. The first-order valence-electron chi connectivity index (χ1n) is 7.35. The smallest absolute Gasteiger partial charge is 0.123 e. The molecule has 2 aromatic carbocycles. The van der Waals surface area contributed by atoms with Gasteiger partial charge in [0.15, 0.2) is 0 Å². The van der Waals surface area contributed by atoms with Crippen LogP contribution in [0, 0.1) is 5.82 Å². The summed E-state index contributed by atoms with van der Waals surface area (Å²) in [5.74, 6) is -0.186. The molecule has 0 saturated carbocycles. The van der Waals surface area contributed by atoms with Gasteiger partial charge in [0.05, 0.1) is 0 Å². The zero-order chi connectivity index (χ0) is 15.2. The van der Waals surface area contributed by atoms with Gasteiger partial charge in [0.2, 0.25) is 0 Å². The van der Waals surface area contributed by atoms with Gasteiger partial charge < -0.3 is 10.2 Å². The Morgan fingerprint density at radius 2 is 1.62 bits per heavy atom. The molecule has 0 amide bonds. The van der Waals surface area contributed by atoms with E-state index in [4.69, 9.17) is 0 Å². The summed E-state index contributed by atoms with van der Waals surface area (Å²) in [6.45, 7) is 3.01. The Balaban J connectivity index is 2.15. The van der Waals surface area contributed by atoms with E-state index in [-0.39, 0.29) is 11.9 Å². The average Bonchev–Trinajstić information content (AvgIpc) is 2.49. The van der Waals surface area contributed by atoms with Crippen molar-refractivity contribution in [2.75, 3.05) is 25.5 Å². The number of benzene rings is 2. The Labute approximate surface area is 126 Å². The molecule has 0 aliphatic rings. The average molecular weight is 286 g/mol. The molecule has 0 heterocycles. The molecular formula is C18H23FN2. The quantitative estimate of drug-likeness (QED) is 0.869. The predicted octanol–water partition coefficient (Wildman–Crippen LogP) is 3.79. The number of hydrogen-bond acceptors (Lipinski definition) is 2. The monoisotopic (exact) mass is 286 g/mol. The van der Waals surface area contributed by atoms with Crippen molar-refractivity contribution in [2.24, 2.45) is 0 Å². The van der Waals surface area contributed by atoms with Crippen molar-refractivity contribution in [3.05, 3.63) is 65.5 Å². The standard InChI is InChI=1S/C18H23FN2/c1-4-20-18(13-14-5-9-16(19)10-6-14)15-7-11-17(12-8-15)21(2)3/h5-12,18,20H,4,13H2,1-3H3. The van der Waals surface area contributed by atoms with Gasteiger partial charge in [0.1, 0.15) is 5.82 Å². The molecule has 0 bridgehead atoms. The number of hydrogen-bond donors (Lipinski definition) is 1. The molecule has 0 radical (unpaired) electrons. The minimum atomic E-state index is -0.186. The van der Waals surface area contributed by atoms with Crippen LogP contribution in [0.15, 0.2) is 48.5 Å². The summed E-state index contributed by atoms with van der Waals surface area (Å²) in [4.78, 5) is 2.09. The maximum absolute atomic E-state index is 13.0. The first kappa shape index (κ1) is 15.5. The second-order valence-electron chi connectivity index (χ2n) is 5.43. The van der Waals surface area contributed by atoms with Crippen molar-refractivity contribution in [3.8, 4) is 0 Å². The molecule has 0 fully saturated rings. The molecule has 21 heavy (non-hydrogen) atoms. The molecule has 3 heteroatoms. The van der Waals surface area contributed by atoms with Crippen LogP contribution in [0.2, 0.25) is 0 Å². The van der Waals surface area contributed by atoms with Crippen LogP contribution in [0.3, 0.4) is 0 Å². The van der Waals surface area contributed by atoms with Crippen LogP contribution in [0.25, 0.3) is 0 Å². The highest BCUT2D eigenvalue weighted by Gasteiger charge is 2.11. The van der Waals surface area contributed by atoms with E-state index >= 15 is 0 Å². The summed E-state index contributed by atoms with van der Waals surface area (Å²) < 4.78 is 13.0. The van der Waals surface area contributed by atoms with Crippen LogP contribution in [-0.4, -0.2) is 20.6 Å². The molecule has 1 unspecified atom stereocenters. The Hall–Kier alpha value is -1.87. The van der Waals surface area contributed by atoms with Crippen molar-refractivity contribution in [1.82, 2.24) is 5.32 Å². The highest BCUT2D eigenvalue weighted by Crippen LogP contribution is 2.21. The van der Waals surface area contributed by atoms with Crippen molar-refractivity contribution in [3.63, 3.8) is 0 Å². The van der Waals surface area contributed by atoms with E-state index in [0.717, 1.165) is 18.5 Å². The minimum Gasteiger partial charge on any atom is -0.378 e. The van der Waals surface area contributed by atoms with E-state index in [1.165, 1.54) is 23.4 Å². The van der Waals surface area contributed by atoms with Crippen LogP contribution in [0.5, 0.6) is 0 Å². The van der Waals surface area contributed by atoms with E-state index in [1.807, 2.05) is 26.2 Å². The Kier molecular flexibility index (Phi) is 5.34. The molecule has 0 saturated heterocycles. The Morgan fingerprint density at radius 1 is 1.00 bits per heavy atom. The van der Waals surface area contributed by atoms with Crippen LogP contribution < -0.4 is 10.2 Å². The second-order valence-corrected chi connectivity index (χ2v) is 5.43. The van der Waals surface area contributed by atoms with Gasteiger partial charge in [0.25, 0.3) is 0 Å². The molecule has 2 aromatic rings. The van der Waals surface area contributed by atoms with Gasteiger partial charge in [-0.05, 0) is 48.4 Å². The third-order valence-corrected chi connectivity index (χ3v) is 3.62. The van der Waals surface area contributed by atoms with E-state index in [1.54, 1.807) is 0 Å². The summed E-state index contributed by atoms with van der Waals surface area (Å²) in [5, 5.41) is 3.50. The highest BCUT2D eigenvalue weighted by molar-refractivity contribution is 5.46. The molecule has 1 atom stereocenters. The van der Waals surface area contributed by atoms with Crippen LogP contribution >= 0.6 is 0 Å². The molecule has 0 aliphatic heterocycles. The number of nitrogens with one attached hydrogen (secondary N) is 1. The number of nitrogens with zero attached hydrogens (tertiary/aromatic N) is 1. The van der Waals surface area contributed by atoms with Gasteiger partial charge in [-0.2, -0.15) is 0 Å². The summed E-state index contributed by atoms with van der Waals surface area (Å²) in [6.07, 6.45) is 0.857. The lowest BCUT2D eigenvalue weighted by Gasteiger charge is -2.20. The molecule has 0 aliphatic carbocycles. The highest BCUT2D eigenvalue weighted by atomic mass is 19.1. The maximum atomic E-state index is 13.0. The second kappa shape index (κ2) is 7.23. The van der Waals surface area contributed by atoms with Crippen LogP contribution in [-0.2, 0) is 6.42 Å². The normalized spacial score (nSPS) is 12.2. The molecule has 1 N–H and O–H groups in total. The number of halogens is 1. The lowest BCUT2D eigenvalue weighted by atomic mass is 9.98. The van der Waals surface area contributed by atoms with E-state index < -0.39 is 0 Å². The zero-order valence-electron chi connectivity index (χ0n) is 12.9. The van der Waals surface area contributed by atoms with Gasteiger partial charge in [-0.15, -0.1) is 0 Å². The van der Waals surface area contributed by atoms with Crippen molar-refractivity contribution >= 4 is 5.69 Å². The lowest BCUT2D eigenvalue weighted by Crippen LogP contribution is -2.23. The molecule has 2 rings (SSSR count).